The number of terminal acetylenes is 1. The molecule has 4 aromatic rings. The summed E-state index contributed by atoms with van der Waals surface area (Å²) < 4.78 is 26.2. The number of phenols is 1. The molecule has 4 heterocycles. The summed E-state index contributed by atoms with van der Waals surface area (Å²) in [4.78, 5) is 20.9. The summed E-state index contributed by atoms with van der Waals surface area (Å²) in [6.07, 6.45) is 11.6. The van der Waals surface area contributed by atoms with Crippen LogP contribution >= 0.6 is 0 Å². The van der Waals surface area contributed by atoms with E-state index in [4.69, 9.17) is 15.9 Å². The van der Waals surface area contributed by atoms with Gasteiger partial charge in [-0.2, -0.15) is 9.97 Å². The first-order chi connectivity index (χ1) is 18.4. The van der Waals surface area contributed by atoms with Crippen LogP contribution in [0.4, 0.5) is 4.39 Å². The normalized spacial score (nSPS) is 21.2. The average molecular weight is 514 g/mol. The molecule has 2 aliphatic rings. The van der Waals surface area contributed by atoms with E-state index in [0.29, 0.717) is 45.7 Å². The van der Waals surface area contributed by atoms with E-state index in [-0.39, 0.29) is 28.7 Å². The van der Waals surface area contributed by atoms with Gasteiger partial charge in [0, 0.05) is 30.3 Å². The quantitative estimate of drug-likeness (QED) is 0.380. The number of hydrogen-bond donors (Lipinski definition) is 1. The number of methoxy groups -OCH3 is 1. The number of phenolic OH excluding ortho intramolecular Hbond substituents is 1. The number of nitrogens with zero attached hydrogens (tertiary/aromatic N) is 5. The van der Waals surface area contributed by atoms with Crippen LogP contribution in [0.2, 0.25) is 0 Å². The first kappa shape index (κ1) is 24.5. The van der Waals surface area contributed by atoms with Gasteiger partial charge in [-0.15, -0.1) is 6.42 Å². The molecule has 2 aromatic heterocycles. The predicted octanol–water partition coefficient (Wildman–Crippen LogP) is 4.40. The number of hydrogen-bond acceptors (Lipinski definition) is 8. The number of aromatic nitrogens is 4. The van der Waals surface area contributed by atoms with Crippen molar-refractivity contribution in [1.82, 2.24) is 24.8 Å². The monoisotopic (exact) mass is 513 g/mol. The second-order valence-electron chi connectivity index (χ2n) is 10.1. The lowest BCUT2D eigenvalue weighted by Gasteiger charge is -2.34. The van der Waals surface area contributed by atoms with Crippen molar-refractivity contribution in [2.75, 3.05) is 26.9 Å². The molecule has 0 radical (unpaired) electrons. The van der Waals surface area contributed by atoms with Crippen LogP contribution in [-0.2, 0) is 4.74 Å². The topological polar surface area (TPSA) is 93.5 Å². The second kappa shape index (κ2) is 9.46. The zero-order valence-corrected chi connectivity index (χ0v) is 21.4. The summed E-state index contributed by atoms with van der Waals surface area (Å²) >= 11 is 0. The predicted molar refractivity (Wildman–Crippen MR) is 141 cm³/mol. The molecule has 38 heavy (non-hydrogen) atoms. The van der Waals surface area contributed by atoms with Crippen molar-refractivity contribution in [3.05, 3.63) is 47.5 Å². The molecule has 2 unspecified atom stereocenters. The van der Waals surface area contributed by atoms with E-state index in [1.807, 2.05) is 6.92 Å². The average Bonchev–Trinajstić information content (AvgIpc) is 3.47. The fourth-order valence-corrected chi connectivity index (χ4v) is 6.15. The zero-order valence-electron chi connectivity index (χ0n) is 21.4. The van der Waals surface area contributed by atoms with E-state index in [2.05, 4.69) is 30.8 Å². The smallest absolute Gasteiger partial charge is 0.318 e. The van der Waals surface area contributed by atoms with Crippen LogP contribution < -0.4 is 4.74 Å². The number of aromatic hydroxyl groups is 1. The molecular formula is C29H28FN5O3. The molecule has 2 saturated heterocycles. The van der Waals surface area contributed by atoms with Gasteiger partial charge in [-0.25, -0.2) is 14.4 Å². The van der Waals surface area contributed by atoms with Crippen molar-refractivity contribution >= 4 is 21.8 Å². The van der Waals surface area contributed by atoms with Crippen LogP contribution in [0.25, 0.3) is 33.2 Å². The maximum atomic E-state index is 14.6. The Balaban J connectivity index is 1.37. The van der Waals surface area contributed by atoms with E-state index in [9.17, 15) is 9.50 Å². The molecule has 8 nitrogen and oxygen atoms in total. The van der Waals surface area contributed by atoms with E-state index in [1.165, 1.54) is 18.2 Å². The molecule has 0 aliphatic carbocycles. The van der Waals surface area contributed by atoms with Crippen LogP contribution in [0, 0.1) is 25.1 Å². The van der Waals surface area contributed by atoms with Gasteiger partial charge in [0.25, 0.3) is 0 Å². The van der Waals surface area contributed by atoms with Crippen LogP contribution in [0.3, 0.4) is 0 Å². The molecule has 0 spiro atoms. The summed E-state index contributed by atoms with van der Waals surface area (Å²) in [5, 5.41) is 12.1. The van der Waals surface area contributed by atoms with Gasteiger partial charge < -0.3 is 14.6 Å². The minimum atomic E-state index is -0.526. The SMILES string of the molecule is C#Cc1c(F)ccc2cc(O)cc(-c3ncc4c(C)nc(OCC56CCCN5C(COC)CC6)nc4n3)c12. The van der Waals surface area contributed by atoms with Crippen molar-refractivity contribution in [3.63, 3.8) is 0 Å². The van der Waals surface area contributed by atoms with Gasteiger partial charge in [-0.3, -0.25) is 4.90 Å². The van der Waals surface area contributed by atoms with E-state index in [1.54, 1.807) is 19.4 Å². The number of halogens is 1. The third-order valence-electron chi connectivity index (χ3n) is 7.92. The lowest BCUT2D eigenvalue weighted by atomic mass is 9.95. The molecule has 0 bridgehead atoms. The summed E-state index contributed by atoms with van der Waals surface area (Å²) in [5.41, 5.74) is 1.58. The fourth-order valence-electron chi connectivity index (χ4n) is 6.15. The number of ether oxygens (including phenoxy) is 2. The first-order valence-corrected chi connectivity index (χ1v) is 12.7. The summed E-state index contributed by atoms with van der Waals surface area (Å²) in [6, 6.07) is 6.54. The standard InChI is InChI=1S/C29H28FN5O3/c1-4-21-24(30)7-6-18-12-20(36)13-22(25(18)21)26-31-14-23-17(2)32-28(34-27(23)33-26)38-16-29-9-5-11-35(29)19(8-10-29)15-37-3/h1,6-7,12-14,19,36H,5,8-11,15-16H2,2-3H3. The van der Waals surface area contributed by atoms with Gasteiger partial charge >= 0.3 is 6.01 Å². The van der Waals surface area contributed by atoms with Gasteiger partial charge in [0.2, 0.25) is 0 Å². The highest BCUT2D eigenvalue weighted by Gasteiger charge is 2.49. The van der Waals surface area contributed by atoms with Crippen LogP contribution in [-0.4, -0.2) is 68.4 Å². The molecule has 2 aromatic carbocycles. The highest BCUT2D eigenvalue weighted by atomic mass is 19.1. The number of fused-ring (bicyclic) bond motifs is 3. The third-order valence-corrected chi connectivity index (χ3v) is 7.92. The Bertz CT molecular complexity index is 1600. The van der Waals surface area contributed by atoms with Crippen molar-refractivity contribution in [1.29, 1.82) is 0 Å². The van der Waals surface area contributed by atoms with Crippen molar-refractivity contribution < 1.29 is 19.0 Å². The van der Waals surface area contributed by atoms with Crippen molar-refractivity contribution in [2.45, 2.75) is 44.2 Å². The Hall–Kier alpha value is -3.87. The molecule has 194 valence electrons. The second-order valence-corrected chi connectivity index (χ2v) is 10.1. The van der Waals surface area contributed by atoms with Gasteiger partial charge in [0.1, 0.15) is 18.2 Å². The fraction of sp³-hybridized carbons (Fsp3) is 0.379. The van der Waals surface area contributed by atoms with Gasteiger partial charge in [-0.1, -0.05) is 12.0 Å². The molecule has 6 rings (SSSR count). The summed E-state index contributed by atoms with van der Waals surface area (Å²) in [6.45, 7) is 4.13. The minimum Gasteiger partial charge on any atom is -0.508 e. The molecular weight excluding hydrogens is 485 g/mol. The minimum absolute atomic E-state index is 0.00242. The number of rotatable bonds is 6. The highest BCUT2D eigenvalue weighted by molar-refractivity contribution is 6.01. The molecule has 0 amide bonds. The molecule has 2 aliphatic heterocycles. The Labute approximate surface area is 219 Å². The number of benzene rings is 2. The Kier molecular flexibility index (Phi) is 6.09. The zero-order chi connectivity index (χ0) is 26.4. The highest BCUT2D eigenvalue weighted by Crippen LogP contribution is 2.42. The maximum Gasteiger partial charge on any atom is 0.318 e. The molecule has 2 fully saturated rings. The van der Waals surface area contributed by atoms with E-state index in [0.717, 1.165) is 38.8 Å². The number of aryl methyl sites for hydroxylation is 1. The van der Waals surface area contributed by atoms with E-state index < -0.39 is 5.82 Å². The third kappa shape index (κ3) is 4.01. The summed E-state index contributed by atoms with van der Waals surface area (Å²) in [5.74, 6) is 2.16. The van der Waals surface area contributed by atoms with Crippen LogP contribution in [0.5, 0.6) is 11.8 Å². The Morgan fingerprint density at radius 3 is 2.92 bits per heavy atom. The molecule has 1 N–H and O–H groups in total. The lowest BCUT2D eigenvalue weighted by Crippen LogP contribution is -2.47. The molecule has 9 heteroatoms. The molecule has 0 saturated carbocycles. The summed E-state index contributed by atoms with van der Waals surface area (Å²) in [7, 11) is 1.75. The van der Waals surface area contributed by atoms with Gasteiger partial charge in [0.05, 0.1) is 28.8 Å². The van der Waals surface area contributed by atoms with Gasteiger partial charge in [-0.05, 0) is 62.7 Å². The first-order valence-electron chi connectivity index (χ1n) is 12.7. The van der Waals surface area contributed by atoms with Crippen LogP contribution in [0.1, 0.15) is 36.9 Å². The van der Waals surface area contributed by atoms with Gasteiger partial charge in [0.15, 0.2) is 11.5 Å². The Morgan fingerprint density at radius 1 is 1.24 bits per heavy atom. The van der Waals surface area contributed by atoms with E-state index >= 15 is 0 Å². The molecule has 2 atom stereocenters. The Morgan fingerprint density at radius 2 is 2.11 bits per heavy atom. The largest absolute Gasteiger partial charge is 0.508 e. The lowest BCUT2D eigenvalue weighted by molar-refractivity contribution is 0.0521. The maximum absolute atomic E-state index is 14.6. The van der Waals surface area contributed by atoms with Crippen molar-refractivity contribution in [3.8, 4) is 35.5 Å². The van der Waals surface area contributed by atoms with Crippen LogP contribution in [0.15, 0.2) is 30.5 Å². The van der Waals surface area contributed by atoms with Crippen molar-refractivity contribution in [2.24, 2.45) is 0 Å².